The van der Waals surface area contributed by atoms with Gasteiger partial charge in [0.15, 0.2) is 0 Å². The van der Waals surface area contributed by atoms with Crippen molar-refractivity contribution in [3.63, 3.8) is 0 Å². The highest BCUT2D eigenvalue weighted by Gasteiger charge is 2.27. The number of halogens is 1. The van der Waals surface area contributed by atoms with Crippen molar-refractivity contribution in [3.8, 4) is 0 Å². The van der Waals surface area contributed by atoms with Crippen molar-refractivity contribution in [2.75, 3.05) is 13.1 Å². The summed E-state index contributed by atoms with van der Waals surface area (Å²) in [5.41, 5.74) is 0.361. The molecule has 4 nitrogen and oxygen atoms in total. The summed E-state index contributed by atoms with van der Waals surface area (Å²) in [5.74, 6) is -0.582. The summed E-state index contributed by atoms with van der Waals surface area (Å²) in [7, 11) is 0. The molecule has 2 heterocycles. The number of hydrogen-bond donors (Lipinski definition) is 0. The van der Waals surface area contributed by atoms with E-state index in [0.717, 1.165) is 0 Å². The van der Waals surface area contributed by atoms with E-state index in [-0.39, 0.29) is 18.1 Å². The maximum atomic E-state index is 13.8. The maximum Gasteiger partial charge on any atom is 0.254 e. The van der Waals surface area contributed by atoms with E-state index in [2.05, 4.69) is 4.98 Å². The first-order chi connectivity index (χ1) is 10.0. The average Bonchev–Trinajstić information content (AvgIpc) is 2.44. The van der Waals surface area contributed by atoms with Crippen LogP contribution >= 0.6 is 0 Å². The second-order valence-corrected chi connectivity index (χ2v) is 5.52. The minimum absolute atomic E-state index is 0.0179. The predicted molar refractivity (Wildman–Crippen MR) is 77.6 cm³/mol. The third kappa shape index (κ3) is 2.74. The molecule has 2 atom stereocenters. The topological polar surface area (TPSA) is 42.4 Å². The van der Waals surface area contributed by atoms with Crippen LogP contribution in [0.3, 0.4) is 0 Å². The minimum Gasteiger partial charge on any atom is -0.372 e. The number of pyridine rings is 1. The van der Waals surface area contributed by atoms with Gasteiger partial charge < -0.3 is 9.64 Å². The van der Waals surface area contributed by atoms with Crippen LogP contribution in [0.25, 0.3) is 10.8 Å². The van der Waals surface area contributed by atoms with Crippen LogP contribution in [0.5, 0.6) is 0 Å². The molecule has 2 aromatic rings. The van der Waals surface area contributed by atoms with Crippen LogP contribution in [0.1, 0.15) is 24.2 Å². The molecule has 0 bridgehead atoms. The zero-order chi connectivity index (χ0) is 15.0. The van der Waals surface area contributed by atoms with Crippen molar-refractivity contribution in [1.82, 2.24) is 9.88 Å². The van der Waals surface area contributed by atoms with E-state index in [1.807, 2.05) is 13.8 Å². The highest BCUT2D eigenvalue weighted by molar-refractivity contribution is 6.06. The van der Waals surface area contributed by atoms with Crippen LogP contribution in [0.15, 0.2) is 30.6 Å². The molecule has 110 valence electrons. The number of fused-ring (bicyclic) bond motifs is 1. The Morgan fingerprint density at radius 2 is 2.05 bits per heavy atom. The molecule has 0 N–H and O–H groups in total. The van der Waals surface area contributed by atoms with Crippen molar-refractivity contribution in [1.29, 1.82) is 0 Å². The Balaban J connectivity index is 2.01. The van der Waals surface area contributed by atoms with Gasteiger partial charge in [-0.05, 0) is 37.4 Å². The van der Waals surface area contributed by atoms with Crippen molar-refractivity contribution in [2.45, 2.75) is 26.1 Å². The molecule has 0 unspecified atom stereocenters. The average molecular weight is 288 g/mol. The number of carbonyl (C=O) groups excluding carboxylic acids is 1. The smallest absolute Gasteiger partial charge is 0.254 e. The molecule has 1 aliphatic rings. The second-order valence-electron chi connectivity index (χ2n) is 5.52. The normalized spacial score (nSPS) is 22.5. The number of amides is 1. The van der Waals surface area contributed by atoms with Gasteiger partial charge in [0.2, 0.25) is 0 Å². The van der Waals surface area contributed by atoms with Gasteiger partial charge in [-0.15, -0.1) is 0 Å². The standard InChI is InChI=1S/C16H17FN2O2/c1-10-8-19(9-11(2)21-10)16(20)14-6-13(17)5-12-3-4-18-7-15(12)14/h3-7,10-11H,8-9H2,1-2H3/t10-,11+. The van der Waals surface area contributed by atoms with Crippen molar-refractivity contribution in [2.24, 2.45) is 0 Å². The number of rotatable bonds is 1. The van der Waals surface area contributed by atoms with E-state index in [0.29, 0.717) is 29.4 Å². The number of ether oxygens (including phenoxy) is 1. The largest absolute Gasteiger partial charge is 0.372 e. The summed E-state index contributed by atoms with van der Waals surface area (Å²) in [6, 6.07) is 4.41. The molecule has 21 heavy (non-hydrogen) atoms. The van der Waals surface area contributed by atoms with Crippen LogP contribution in [-0.2, 0) is 4.74 Å². The molecule has 1 fully saturated rings. The van der Waals surface area contributed by atoms with Gasteiger partial charge in [0.05, 0.1) is 17.8 Å². The fourth-order valence-corrected chi connectivity index (χ4v) is 2.85. The summed E-state index contributed by atoms with van der Waals surface area (Å²) in [6.45, 7) is 4.89. The lowest BCUT2D eigenvalue weighted by atomic mass is 10.0. The van der Waals surface area contributed by atoms with Crippen molar-refractivity contribution < 1.29 is 13.9 Å². The Labute approximate surface area is 122 Å². The number of hydrogen-bond acceptors (Lipinski definition) is 3. The summed E-state index contributed by atoms with van der Waals surface area (Å²) >= 11 is 0. The number of benzene rings is 1. The highest BCUT2D eigenvalue weighted by atomic mass is 19.1. The van der Waals surface area contributed by atoms with Gasteiger partial charge in [0, 0.05) is 30.9 Å². The molecule has 1 aromatic carbocycles. The van der Waals surface area contributed by atoms with Gasteiger partial charge in [0.25, 0.3) is 5.91 Å². The first-order valence-electron chi connectivity index (χ1n) is 7.02. The number of aromatic nitrogens is 1. The predicted octanol–water partition coefficient (Wildman–Crippen LogP) is 2.62. The quantitative estimate of drug-likeness (QED) is 0.810. The van der Waals surface area contributed by atoms with Crippen LogP contribution in [0, 0.1) is 5.82 Å². The van der Waals surface area contributed by atoms with Crippen LogP contribution in [0.4, 0.5) is 4.39 Å². The lowest BCUT2D eigenvalue weighted by Gasteiger charge is -2.35. The monoisotopic (exact) mass is 288 g/mol. The zero-order valence-corrected chi connectivity index (χ0v) is 12.0. The highest BCUT2D eigenvalue weighted by Crippen LogP contribution is 2.23. The Hall–Kier alpha value is -2.01. The Kier molecular flexibility index (Phi) is 3.59. The minimum atomic E-state index is -0.411. The number of nitrogens with zero attached hydrogens (tertiary/aromatic N) is 2. The molecule has 1 aromatic heterocycles. The maximum absolute atomic E-state index is 13.8. The van der Waals surface area contributed by atoms with Crippen molar-refractivity contribution in [3.05, 3.63) is 42.0 Å². The van der Waals surface area contributed by atoms with Gasteiger partial charge >= 0.3 is 0 Å². The molecule has 5 heteroatoms. The number of carbonyl (C=O) groups is 1. The first kappa shape index (κ1) is 13.9. The summed E-state index contributed by atoms with van der Waals surface area (Å²) in [4.78, 5) is 18.5. The van der Waals surface area contributed by atoms with Crippen LogP contribution in [-0.4, -0.2) is 41.1 Å². The fraction of sp³-hybridized carbons (Fsp3) is 0.375. The molecule has 0 spiro atoms. The molecule has 1 amide bonds. The Morgan fingerprint density at radius 3 is 2.76 bits per heavy atom. The van der Waals surface area contributed by atoms with E-state index in [9.17, 15) is 9.18 Å². The summed E-state index contributed by atoms with van der Waals surface area (Å²) < 4.78 is 19.4. The lowest BCUT2D eigenvalue weighted by molar-refractivity contribution is -0.0585. The molecule has 3 rings (SSSR count). The third-order valence-electron chi connectivity index (χ3n) is 3.66. The summed E-state index contributed by atoms with van der Waals surface area (Å²) in [5, 5.41) is 1.36. The van der Waals surface area contributed by atoms with E-state index >= 15 is 0 Å². The van der Waals surface area contributed by atoms with Crippen molar-refractivity contribution >= 4 is 16.7 Å². The van der Waals surface area contributed by atoms with Gasteiger partial charge in [-0.1, -0.05) is 0 Å². The van der Waals surface area contributed by atoms with Crippen LogP contribution < -0.4 is 0 Å². The molecular weight excluding hydrogens is 271 g/mol. The second kappa shape index (κ2) is 5.41. The van der Waals surface area contributed by atoms with E-state index < -0.39 is 5.82 Å². The Morgan fingerprint density at radius 1 is 1.33 bits per heavy atom. The van der Waals surface area contributed by atoms with Gasteiger partial charge in [-0.25, -0.2) is 4.39 Å². The summed E-state index contributed by atoms with van der Waals surface area (Å²) in [6.07, 6.45) is 3.16. The van der Waals surface area contributed by atoms with Crippen LogP contribution in [0.2, 0.25) is 0 Å². The van der Waals surface area contributed by atoms with E-state index in [4.69, 9.17) is 4.74 Å². The first-order valence-corrected chi connectivity index (χ1v) is 7.02. The van der Waals surface area contributed by atoms with Gasteiger partial charge in [-0.2, -0.15) is 0 Å². The lowest BCUT2D eigenvalue weighted by Crippen LogP contribution is -2.48. The van der Waals surface area contributed by atoms with E-state index in [1.165, 1.54) is 12.1 Å². The molecular formula is C16H17FN2O2. The zero-order valence-electron chi connectivity index (χ0n) is 12.0. The fourth-order valence-electron chi connectivity index (χ4n) is 2.85. The molecule has 0 radical (unpaired) electrons. The van der Waals surface area contributed by atoms with Gasteiger partial charge in [-0.3, -0.25) is 9.78 Å². The molecule has 0 saturated carbocycles. The molecule has 0 aliphatic carbocycles. The van der Waals surface area contributed by atoms with E-state index in [1.54, 1.807) is 23.4 Å². The van der Waals surface area contributed by atoms with Gasteiger partial charge in [0.1, 0.15) is 5.82 Å². The molecule has 1 aliphatic heterocycles. The number of morpholine rings is 1. The Bertz CT molecular complexity index is 679. The third-order valence-corrected chi connectivity index (χ3v) is 3.66. The molecule has 1 saturated heterocycles. The SMILES string of the molecule is C[C@@H]1CN(C(=O)c2cc(F)cc3ccncc23)C[C@H](C)O1.